The van der Waals surface area contributed by atoms with E-state index >= 15 is 0 Å². The molecule has 4 rings (SSSR count). The van der Waals surface area contributed by atoms with Crippen molar-refractivity contribution < 1.29 is 4.79 Å². The molecule has 2 aromatic rings. The maximum absolute atomic E-state index is 12.6. The molecule has 0 bridgehead atoms. The second-order valence-electron chi connectivity index (χ2n) is 5.87. The first-order valence-electron chi connectivity index (χ1n) is 7.42. The minimum Gasteiger partial charge on any atom is -0.337 e. The first kappa shape index (κ1) is 12.6. The van der Waals surface area contributed by atoms with Crippen molar-refractivity contribution in [2.24, 2.45) is 11.8 Å². The summed E-state index contributed by atoms with van der Waals surface area (Å²) < 4.78 is 1.76. The minimum atomic E-state index is 0.0547. The van der Waals surface area contributed by atoms with E-state index in [1.807, 2.05) is 47.5 Å². The predicted molar refractivity (Wildman–Crippen MR) is 79.3 cm³/mol. The van der Waals surface area contributed by atoms with Gasteiger partial charge in [-0.25, -0.2) is 4.68 Å². The van der Waals surface area contributed by atoms with Gasteiger partial charge >= 0.3 is 0 Å². The zero-order valence-electron chi connectivity index (χ0n) is 11.8. The van der Waals surface area contributed by atoms with Gasteiger partial charge in [-0.2, -0.15) is 5.10 Å². The molecule has 0 aliphatic carbocycles. The van der Waals surface area contributed by atoms with Crippen LogP contribution < -0.4 is 5.32 Å². The zero-order valence-corrected chi connectivity index (χ0v) is 11.8. The van der Waals surface area contributed by atoms with Crippen molar-refractivity contribution in [3.63, 3.8) is 0 Å². The van der Waals surface area contributed by atoms with Crippen LogP contribution in [-0.2, 0) is 0 Å². The SMILES string of the molecule is O=C(c1ccn(-c2ccccc2)n1)N1C[C@H]2CNC[C@H]2C1. The van der Waals surface area contributed by atoms with Crippen LogP contribution in [0.3, 0.4) is 0 Å². The lowest BCUT2D eigenvalue weighted by Crippen LogP contribution is -2.32. The van der Waals surface area contributed by atoms with Gasteiger partial charge in [0.15, 0.2) is 5.69 Å². The Labute approximate surface area is 123 Å². The fourth-order valence-electron chi connectivity index (χ4n) is 3.35. The largest absolute Gasteiger partial charge is 0.337 e. The summed E-state index contributed by atoms with van der Waals surface area (Å²) in [7, 11) is 0. The highest BCUT2D eigenvalue weighted by molar-refractivity contribution is 5.92. The monoisotopic (exact) mass is 282 g/mol. The van der Waals surface area contributed by atoms with Crippen LogP contribution in [-0.4, -0.2) is 46.8 Å². The number of nitrogens with zero attached hydrogens (tertiary/aromatic N) is 3. The standard InChI is InChI=1S/C16H18N4O/c21-16(19-10-12-8-17-9-13(12)11-19)15-6-7-20(18-15)14-4-2-1-3-5-14/h1-7,12-13,17H,8-11H2/t12-,13+. The molecule has 5 heteroatoms. The molecular weight excluding hydrogens is 264 g/mol. The van der Waals surface area contributed by atoms with Crippen LogP contribution in [0.1, 0.15) is 10.5 Å². The van der Waals surface area contributed by atoms with Crippen molar-refractivity contribution in [3.05, 3.63) is 48.3 Å². The summed E-state index contributed by atoms with van der Waals surface area (Å²) in [5, 5.41) is 7.82. The Kier molecular flexibility index (Phi) is 3.00. The molecule has 0 saturated carbocycles. The summed E-state index contributed by atoms with van der Waals surface area (Å²) >= 11 is 0. The van der Waals surface area contributed by atoms with Gasteiger partial charge in [-0.15, -0.1) is 0 Å². The molecule has 5 nitrogen and oxygen atoms in total. The Morgan fingerprint density at radius 2 is 1.81 bits per heavy atom. The number of hydrogen-bond donors (Lipinski definition) is 1. The predicted octanol–water partition coefficient (Wildman–Crippen LogP) is 1.16. The van der Waals surface area contributed by atoms with E-state index in [2.05, 4.69) is 10.4 Å². The summed E-state index contributed by atoms with van der Waals surface area (Å²) in [6.45, 7) is 3.78. The second kappa shape index (κ2) is 5.00. The van der Waals surface area contributed by atoms with Gasteiger partial charge in [0.2, 0.25) is 0 Å². The number of nitrogens with one attached hydrogen (secondary N) is 1. The third-order valence-electron chi connectivity index (χ3n) is 4.51. The molecule has 1 aromatic heterocycles. The summed E-state index contributed by atoms with van der Waals surface area (Å²) in [5.74, 6) is 1.29. The van der Waals surface area contributed by atoms with E-state index in [1.54, 1.807) is 4.68 Å². The molecule has 21 heavy (non-hydrogen) atoms. The Hall–Kier alpha value is -2.14. The van der Waals surface area contributed by atoms with Crippen molar-refractivity contribution in [2.75, 3.05) is 26.2 Å². The van der Waals surface area contributed by atoms with Gasteiger partial charge in [0.1, 0.15) is 0 Å². The van der Waals surface area contributed by atoms with Crippen LogP contribution >= 0.6 is 0 Å². The van der Waals surface area contributed by atoms with Crippen molar-refractivity contribution in [2.45, 2.75) is 0 Å². The van der Waals surface area contributed by atoms with E-state index in [1.165, 1.54) is 0 Å². The Morgan fingerprint density at radius 1 is 1.10 bits per heavy atom. The number of carbonyl (C=O) groups excluding carboxylic acids is 1. The van der Waals surface area contributed by atoms with Crippen LogP contribution in [0.15, 0.2) is 42.6 Å². The third-order valence-corrected chi connectivity index (χ3v) is 4.51. The summed E-state index contributed by atoms with van der Waals surface area (Å²) in [6, 6.07) is 11.7. The van der Waals surface area contributed by atoms with E-state index in [-0.39, 0.29) is 5.91 Å². The lowest BCUT2D eigenvalue weighted by molar-refractivity contribution is 0.0775. The molecule has 108 valence electrons. The van der Waals surface area contributed by atoms with Crippen molar-refractivity contribution in [3.8, 4) is 5.69 Å². The molecule has 0 unspecified atom stereocenters. The van der Waals surface area contributed by atoms with Crippen molar-refractivity contribution in [1.29, 1.82) is 0 Å². The lowest BCUT2D eigenvalue weighted by atomic mass is 10.0. The van der Waals surface area contributed by atoms with Gasteiger partial charge in [-0.1, -0.05) is 18.2 Å². The number of carbonyl (C=O) groups is 1. The number of likely N-dealkylation sites (tertiary alicyclic amines) is 1. The molecule has 2 aliphatic rings. The highest BCUT2D eigenvalue weighted by atomic mass is 16.2. The number of para-hydroxylation sites is 1. The quantitative estimate of drug-likeness (QED) is 0.899. The second-order valence-corrected chi connectivity index (χ2v) is 5.87. The summed E-state index contributed by atoms with van der Waals surface area (Å²) in [6.07, 6.45) is 1.85. The van der Waals surface area contributed by atoms with Gasteiger partial charge in [0.25, 0.3) is 5.91 Å². The number of aromatic nitrogens is 2. The molecule has 2 aliphatic heterocycles. The van der Waals surface area contributed by atoms with Crippen LogP contribution in [0.5, 0.6) is 0 Å². The number of amides is 1. The lowest BCUT2D eigenvalue weighted by Gasteiger charge is -2.15. The number of benzene rings is 1. The van der Waals surface area contributed by atoms with Crippen LogP contribution in [0.25, 0.3) is 5.69 Å². The van der Waals surface area contributed by atoms with E-state index in [4.69, 9.17) is 0 Å². The third kappa shape index (κ3) is 2.23. The molecule has 3 heterocycles. The van der Waals surface area contributed by atoms with E-state index in [0.29, 0.717) is 17.5 Å². The summed E-state index contributed by atoms with van der Waals surface area (Å²) in [5.41, 5.74) is 1.51. The normalized spacial score (nSPS) is 24.3. The molecule has 1 aromatic carbocycles. The van der Waals surface area contributed by atoms with Gasteiger partial charge in [0, 0.05) is 32.4 Å². The maximum atomic E-state index is 12.6. The zero-order chi connectivity index (χ0) is 14.2. The van der Waals surface area contributed by atoms with Gasteiger partial charge in [0.05, 0.1) is 5.69 Å². The van der Waals surface area contributed by atoms with Gasteiger partial charge in [-0.05, 0) is 30.0 Å². The smallest absolute Gasteiger partial charge is 0.274 e. The molecule has 1 amide bonds. The van der Waals surface area contributed by atoms with Crippen LogP contribution in [0.2, 0.25) is 0 Å². The fraction of sp³-hybridized carbons (Fsp3) is 0.375. The molecule has 2 saturated heterocycles. The number of rotatable bonds is 2. The fourth-order valence-corrected chi connectivity index (χ4v) is 3.35. The molecular formula is C16H18N4O. The van der Waals surface area contributed by atoms with Crippen molar-refractivity contribution >= 4 is 5.91 Å². The first-order valence-corrected chi connectivity index (χ1v) is 7.42. The van der Waals surface area contributed by atoms with Gasteiger partial charge in [-0.3, -0.25) is 4.79 Å². The van der Waals surface area contributed by atoms with E-state index in [0.717, 1.165) is 31.9 Å². The topological polar surface area (TPSA) is 50.2 Å². The average molecular weight is 282 g/mol. The summed E-state index contributed by atoms with van der Waals surface area (Å²) in [4.78, 5) is 14.5. The number of hydrogen-bond acceptors (Lipinski definition) is 3. The maximum Gasteiger partial charge on any atom is 0.274 e. The molecule has 1 N–H and O–H groups in total. The van der Waals surface area contributed by atoms with E-state index < -0.39 is 0 Å². The molecule has 0 spiro atoms. The average Bonchev–Trinajstić information content (AvgIpc) is 3.22. The highest BCUT2D eigenvalue weighted by Gasteiger charge is 2.38. The Balaban J connectivity index is 1.52. The Morgan fingerprint density at radius 3 is 2.52 bits per heavy atom. The number of fused-ring (bicyclic) bond motifs is 1. The molecule has 2 fully saturated rings. The van der Waals surface area contributed by atoms with Crippen LogP contribution in [0, 0.1) is 11.8 Å². The van der Waals surface area contributed by atoms with Crippen LogP contribution in [0.4, 0.5) is 0 Å². The van der Waals surface area contributed by atoms with E-state index in [9.17, 15) is 4.79 Å². The Bertz CT molecular complexity index is 639. The molecule has 2 atom stereocenters. The highest BCUT2D eigenvalue weighted by Crippen LogP contribution is 2.27. The minimum absolute atomic E-state index is 0.0547. The van der Waals surface area contributed by atoms with Gasteiger partial charge < -0.3 is 10.2 Å². The molecule has 0 radical (unpaired) electrons. The van der Waals surface area contributed by atoms with Crippen molar-refractivity contribution in [1.82, 2.24) is 20.0 Å². The first-order chi connectivity index (χ1) is 10.3.